The molecule has 0 saturated carbocycles. The van der Waals surface area contributed by atoms with Gasteiger partial charge < -0.3 is 9.30 Å². The Morgan fingerprint density at radius 3 is 2.71 bits per heavy atom. The topological polar surface area (TPSA) is 50.8 Å². The van der Waals surface area contributed by atoms with Gasteiger partial charge in [0.05, 0.1) is 29.3 Å². The zero-order chi connectivity index (χ0) is 16.8. The maximum Gasteiger partial charge on any atom is 0.119 e. The minimum atomic E-state index is 0.658. The molecule has 0 atom stereocenters. The summed E-state index contributed by atoms with van der Waals surface area (Å²) in [6, 6.07) is 17.8. The highest BCUT2D eigenvalue weighted by Gasteiger charge is 2.09. The molecule has 0 aliphatic heterocycles. The Hall–Kier alpha value is -2.80. The summed E-state index contributed by atoms with van der Waals surface area (Å²) in [5, 5.41) is 9.03. The summed E-state index contributed by atoms with van der Waals surface area (Å²) in [6.07, 6.45) is 2.91. The van der Waals surface area contributed by atoms with E-state index >= 15 is 0 Å². The van der Waals surface area contributed by atoms with Crippen molar-refractivity contribution in [2.75, 3.05) is 6.61 Å². The van der Waals surface area contributed by atoms with Crippen LogP contribution >= 0.6 is 0 Å². The summed E-state index contributed by atoms with van der Waals surface area (Å²) < 4.78 is 8.00. The summed E-state index contributed by atoms with van der Waals surface area (Å²) in [7, 11) is 0. The maximum atomic E-state index is 9.03. The zero-order valence-electron chi connectivity index (χ0n) is 13.9. The van der Waals surface area contributed by atoms with E-state index in [-0.39, 0.29) is 0 Å². The third-order valence-electron chi connectivity index (χ3n) is 4.06. The molecular weight excluding hydrogens is 298 g/mol. The first kappa shape index (κ1) is 16.1. The largest absolute Gasteiger partial charge is 0.494 e. The van der Waals surface area contributed by atoms with Gasteiger partial charge in [-0.1, -0.05) is 25.1 Å². The lowest BCUT2D eigenvalue weighted by molar-refractivity contribution is 0.303. The number of para-hydroxylation sites is 1. The molecule has 0 amide bonds. The van der Waals surface area contributed by atoms with E-state index in [0.717, 1.165) is 55.0 Å². The summed E-state index contributed by atoms with van der Waals surface area (Å²) in [4.78, 5) is 4.67. The Kier molecular flexibility index (Phi) is 5.12. The fourth-order valence-corrected chi connectivity index (χ4v) is 2.85. The predicted molar refractivity (Wildman–Crippen MR) is 95.0 cm³/mol. The van der Waals surface area contributed by atoms with Gasteiger partial charge in [0.15, 0.2) is 0 Å². The number of aromatic nitrogens is 2. The number of fused-ring (bicyclic) bond motifs is 1. The van der Waals surface area contributed by atoms with Gasteiger partial charge in [0.1, 0.15) is 11.6 Å². The maximum absolute atomic E-state index is 9.03. The first-order chi connectivity index (χ1) is 11.8. The van der Waals surface area contributed by atoms with Crippen LogP contribution in [0.4, 0.5) is 0 Å². The van der Waals surface area contributed by atoms with E-state index in [1.807, 2.05) is 48.5 Å². The van der Waals surface area contributed by atoms with E-state index in [1.165, 1.54) is 0 Å². The lowest BCUT2D eigenvalue weighted by Crippen LogP contribution is -2.05. The molecule has 0 bridgehead atoms. The van der Waals surface area contributed by atoms with Crippen LogP contribution in [0.25, 0.3) is 11.0 Å². The Morgan fingerprint density at radius 2 is 1.96 bits per heavy atom. The van der Waals surface area contributed by atoms with Gasteiger partial charge in [-0.05, 0) is 43.2 Å². The van der Waals surface area contributed by atoms with Crippen molar-refractivity contribution < 1.29 is 4.74 Å². The van der Waals surface area contributed by atoms with Crippen molar-refractivity contribution in [3.8, 4) is 11.8 Å². The number of benzene rings is 2. The number of ether oxygens (including phenoxy) is 1. The van der Waals surface area contributed by atoms with Crippen molar-refractivity contribution in [3.63, 3.8) is 0 Å². The fourth-order valence-electron chi connectivity index (χ4n) is 2.85. The number of nitrogens with zero attached hydrogens (tertiary/aromatic N) is 3. The second kappa shape index (κ2) is 7.65. The lowest BCUT2D eigenvalue weighted by atomic mass is 10.2. The fraction of sp³-hybridized carbons (Fsp3) is 0.300. The normalized spacial score (nSPS) is 10.7. The molecule has 0 N–H and O–H groups in total. The first-order valence-corrected chi connectivity index (χ1v) is 8.39. The Labute approximate surface area is 142 Å². The molecule has 0 spiro atoms. The van der Waals surface area contributed by atoms with Gasteiger partial charge in [0.25, 0.3) is 0 Å². The summed E-state index contributed by atoms with van der Waals surface area (Å²) in [5.41, 5.74) is 2.67. The van der Waals surface area contributed by atoms with E-state index < -0.39 is 0 Å². The van der Waals surface area contributed by atoms with Crippen molar-refractivity contribution >= 4 is 11.0 Å². The molecule has 0 fully saturated rings. The van der Waals surface area contributed by atoms with Crippen molar-refractivity contribution in [1.82, 2.24) is 9.55 Å². The minimum absolute atomic E-state index is 0.658. The Balaban J connectivity index is 1.61. The molecule has 0 aliphatic rings. The van der Waals surface area contributed by atoms with Gasteiger partial charge in [-0.3, -0.25) is 0 Å². The van der Waals surface area contributed by atoms with E-state index in [1.54, 1.807) is 0 Å². The molecule has 122 valence electrons. The highest BCUT2D eigenvalue weighted by molar-refractivity contribution is 5.77. The SMILES string of the molecule is CCc1nc2cc(C#N)ccc2n1CCCCOc1ccccc1. The second-order valence-corrected chi connectivity index (χ2v) is 5.72. The van der Waals surface area contributed by atoms with Crippen LogP contribution in [0, 0.1) is 11.3 Å². The molecule has 3 aromatic rings. The van der Waals surface area contributed by atoms with Crippen molar-refractivity contribution in [3.05, 3.63) is 59.9 Å². The first-order valence-electron chi connectivity index (χ1n) is 8.39. The van der Waals surface area contributed by atoms with E-state index in [9.17, 15) is 0 Å². The minimum Gasteiger partial charge on any atom is -0.494 e. The predicted octanol–water partition coefficient (Wildman–Crippen LogP) is 4.33. The van der Waals surface area contributed by atoms with Crippen LogP contribution in [0.15, 0.2) is 48.5 Å². The third-order valence-corrected chi connectivity index (χ3v) is 4.06. The van der Waals surface area contributed by atoms with Crippen LogP contribution in [0.3, 0.4) is 0 Å². The van der Waals surface area contributed by atoms with E-state index in [2.05, 4.69) is 22.5 Å². The van der Waals surface area contributed by atoms with Crippen LogP contribution in [-0.4, -0.2) is 16.2 Å². The molecular formula is C20H21N3O. The van der Waals surface area contributed by atoms with Crippen molar-refractivity contribution in [2.24, 2.45) is 0 Å². The second-order valence-electron chi connectivity index (χ2n) is 5.72. The van der Waals surface area contributed by atoms with Crippen LogP contribution in [0.1, 0.15) is 31.2 Å². The van der Waals surface area contributed by atoms with Crippen molar-refractivity contribution in [2.45, 2.75) is 32.7 Å². The average Bonchev–Trinajstić information content (AvgIpc) is 2.99. The average molecular weight is 319 g/mol. The van der Waals surface area contributed by atoms with Crippen LogP contribution in [0.5, 0.6) is 5.75 Å². The molecule has 3 rings (SSSR count). The van der Waals surface area contributed by atoms with Gasteiger partial charge >= 0.3 is 0 Å². The van der Waals surface area contributed by atoms with Gasteiger partial charge in [-0.2, -0.15) is 5.26 Å². The molecule has 0 aliphatic carbocycles. The molecule has 4 nitrogen and oxygen atoms in total. The monoisotopic (exact) mass is 319 g/mol. The number of hydrogen-bond donors (Lipinski definition) is 0. The van der Waals surface area contributed by atoms with Gasteiger partial charge in [0.2, 0.25) is 0 Å². The van der Waals surface area contributed by atoms with Gasteiger partial charge in [-0.25, -0.2) is 4.98 Å². The van der Waals surface area contributed by atoms with E-state index in [4.69, 9.17) is 10.00 Å². The molecule has 0 saturated heterocycles. The smallest absolute Gasteiger partial charge is 0.119 e. The molecule has 0 unspecified atom stereocenters. The van der Waals surface area contributed by atoms with Crippen LogP contribution in [0.2, 0.25) is 0 Å². The highest BCUT2D eigenvalue weighted by Crippen LogP contribution is 2.19. The standard InChI is InChI=1S/C20H21N3O/c1-2-20-22-18-14-16(15-21)10-11-19(18)23(20)12-6-7-13-24-17-8-4-3-5-9-17/h3-5,8-11,14H,2,6-7,12-13H2,1H3. The van der Waals surface area contributed by atoms with Crippen LogP contribution < -0.4 is 4.74 Å². The number of nitriles is 1. The summed E-state index contributed by atoms with van der Waals surface area (Å²) >= 11 is 0. The van der Waals surface area contributed by atoms with E-state index in [0.29, 0.717) is 5.56 Å². The number of imidazole rings is 1. The van der Waals surface area contributed by atoms with Gasteiger partial charge in [0, 0.05) is 13.0 Å². The number of unbranched alkanes of at least 4 members (excludes halogenated alkanes) is 1. The van der Waals surface area contributed by atoms with Crippen LogP contribution in [-0.2, 0) is 13.0 Å². The Bertz CT molecular complexity index is 846. The lowest BCUT2D eigenvalue weighted by Gasteiger charge is -2.09. The molecule has 1 aromatic heterocycles. The van der Waals surface area contributed by atoms with Gasteiger partial charge in [-0.15, -0.1) is 0 Å². The van der Waals surface area contributed by atoms with Crippen molar-refractivity contribution in [1.29, 1.82) is 5.26 Å². The zero-order valence-corrected chi connectivity index (χ0v) is 13.9. The molecule has 4 heteroatoms. The number of aryl methyl sites for hydroxylation is 2. The molecule has 2 aromatic carbocycles. The number of rotatable bonds is 7. The summed E-state index contributed by atoms with van der Waals surface area (Å²) in [6.45, 7) is 3.75. The highest BCUT2D eigenvalue weighted by atomic mass is 16.5. The molecule has 1 heterocycles. The number of hydrogen-bond acceptors (Lipinski definition) is 3. The molecule has 0 radical (unpaired) electrons. The Morgan fingerprint density at radius 1 is 1.12 bits per heavy atom. The third kappa shape index (κ3) is 3.57. The quantitative estimate of drug-likeness (QED) is 0.609. The summed E-state index contributed by atoms with van der Waals surface area (Å²) in [5.74, 6) is 1.99. The molecule has 24 heavy (non-hydrogen) atoms.